The van der Waals surface area contributed by atoms with Gasteiger partial charge in [-0.25, -0.2) is 4.90 Å². The van der Waals surface area contributed by atoms with Gasteiger partial charge in [-0.2, -0.15) is 0 Å². The van der Waals surface area contributed by atoms with Crippen LogP contribution in [-0.4, -0.2) is 41.6 Å². The molecular formula is C41H33ClN2O7. The molecule has 6 unspecified atom stereocenters. The smallest absolute Gasteiger partial charge is 0.246 e. The van der Waals surface area contributed by atoms with Crippen molar-refractivity contribution in [1.82, 2.24) is 0 Å². The van der Waals surface area contributed by atoms with E-state index in [2.05, 4.69) is 0 Å². The van der Waals surface area contributed by atoms with Crippen LogP contribution in [0.4, 0.5) is 11.4 Å². The van der Waals surface area contributed by atoms with E-state index in [9.17, 15) is 24.3 Å². The average Bonchev–Trinajstić information content (AvgIpc) is 3.52. The molecule has 3 fully saturated rings. The average molecular weight is 701 g/mol. The first-order valence-corrected chi connectivity index (χ1v) is 17.2. The summed E-state index contributed by atoms with van der Waals surface area (Å²) in [4.78, 5) is 73.2. The van der Waals surface area contributed by atoms with E-state index < -0.39 is 46.8 Å². The molecule has 4 aromatic carbocycles. The molecule has 2 saturated heterocycles. The fraction of sp³-hybridized carbons (Fsp3) is 0.244. The number of aromatic hydroxyl groups is 1. The number of halogens is 1. The quantitative estimate of drug-likeness (QED) is 0.136. The lowest BCUT2D eigenvalue weighted by molar-refractivity contribution is -0.127. The molecule has 2 aliphatic carbocycles. The van der Waals surface area contributed by atoms with Crippen LogP contribution in [0.1, 0.15) is 47.2 Å². The lowest BCUT2D eigenvalue weighted by atomic mass is 9.49. The second kappa shape index (κ2) is 12.1. The molecule has 0 aromatic heterocycles. The minimum atomic E-state index is -1.48. The summed E-state index contributed by atoms with van der Waals surface area (Å²) in [6.45, 7) is 1.45. The molecular weight excluding hydrogens is 668 g/mol. The van der Waals surface area contributed by atoms with Crippen LogP contribution in [-0.2, 0) is 24.6 Å². The van der Waals surface area contributed by atoms with Gasteiger partial charge in [0.05, 0.1) is 41.7 Å². The zero-order valence-electron chi connectivity index (χ0n) is 27.8. The number of rotatable bonds is 6. The lowest BCUT2D eigenvalue weighted by Gasteiger charge is -2.51. The summed E-state index contributed by atoms with van der Waals surface area (Å²) in [6, 6.07) is 26.9. The van der Waals surface area contributed by atoms with Gasteiger partial charge in [-0.05, 0) is 79.8 Å². The Morgan fingerprint density at radius 3 is 2.25 bits per heavy atom. The van der Waals surface area contributed by atoms with Gasteiger partial charge in [0, 0.05) is 28.1 Å². The molecule has 2 heterocycles. The number of ether oxygens (including phenoxy) is 1. The Labute approximate surface area is 299 Å². The van der Waals surface area contributed by atoms with Crippen LogP contribution in [0.25, 0.3) is 0 Å². The van der Waals surface area contributed by atoms with Gasteiger partial charge in [-0.1, -0.05) is 65.7 Å². The summed E-state index contributed by atoms with van der Waals surface area (Å²) >= 11 is 6.39. The van der Waals surface area contributed by atoms with Crippen LogP contribution in [0.2, 0.25) is 5.02 Å². The first-order valence-electron chi connectivity index (χ1n) is 16.8. The third-order valence-corrected chi connectivity index (χ3v) is 11.5. The normalized spacial score (nSPS) is 26.8. The van der Waals surface area contributed by atoms with Crippen molar-refractivity contribution in [3.63, 3.8) is 0 Å². The number of phenolic OH excluding ortho intramolecular Hbond substituents is 1. The number of allylic oxidation sites excluding steroid dienone is 2. The number of anilines is 2. The number of nitrogens with zero attached hydrogens (tertiary/aromatic N) is 2. The van der Waals surface area contributed by atoms with Crippen LogP contribution in [0.15, 0.2) is 109 Å². The number of hydrogen-bond donors (Lipinski definition) is 1. The van der Waals surface area contributed by atoms with E-state index in [-0.39, 0.29) is 36.2 Å². The van der Waals surface area contributed by atoms with Gasteiger partial charge >= 0.3 is 0 Å². The Morgan fingerprint density at radius 2 is 1.57 bits per heavy atom. The minimum Gasteiger partial charge on any atom is -0.508 e. The topological polar surface area (TPSA) is 121 Å². The van der Waals surface area contributed by atoms with Crippen LogP contribution in [0, 0.1) is 23.7 Å². The summed E-state index contributed by atoms with van der Waals surface area (Å²) < 4.78 is 5.84. The SMILES string of the molecule is COc1cc(O)ccc1C1C2=CCC3C(=O)N(c4ccc(C(C)=O)cc4)C(=O)C3C2CC2C(=O)N(c3cccc(Cl)c3)C(=O)C21c1ccccc1. The zero-order valence-corrected chi connectivity index (χ0v) is 28.5. The van der Waals surface area contributed by atoms with Crippen molar-refractivity contribution in [2.45, 2.75) is 31.1 Å². The van der Waals surface area contributed by atoms with Crippen molar-refractivity contribution < 1.29 is 33.8 Å². The first-order chi connectivity index (χ1) is 24.6. The van der Waals surface area contributed by atoms with Crippen LogP contribution in [0.5, 0.6) is 11.5 Å². The fourth-order valence-corrected chi connectivity index (χ4v) is 9.31. The molecule has 0 radical (unpaired) electrons. The van der Waals surface area contributed by atoms with Gasteiger partial charge < -0.3 is 9.84 Å². The van der Waals surface area contributed by atoms with E-state index in [1.807, 2.05) is 36.4 Å². The number of amides is 4. The van der Waals surface area contributed by atoms with Crippen molar-refractivity contribution >= 4 is 52.4 Å². The van der Waals surface area contributed by atoms with E-state index in [1.165, 1.54) is 36.0 Å². The van der Waals surface area contributed by atoms with Crippen LogP contribution < -0.4 is 14.5 Å². The summed E-state index contributed by atoms with van der Waals surface area (Å²) in [5, 5.41) is 10.9. The summed E-state index contributed by atoms with van der Waals surface area (Å²) in [6.07, 6.45) is 2.35. The standard InChI is InChI=1S/C41H33ClN2O7/c1-22(45)23-11-13-26(14-12-23)43-37(47)31-18-17-29-32(35(31)39(43)49)21-33-38(48)44(27-10-6-9-25(42)19-27)40(50)41(33,24-7-4-3-5-8-24)36(29)30-16-15-28(46)20-34(30)51-2/h3-17,19-20,31-33,35-36,46H,18,21H2,1-2H3. The molecule has 1 saturated carbocycles. The number of fused-ring (bicyclic) bond motifs is 4. The number of Topliss-reactive ketones (excluding diaryl/α,β-unsaturated/α-hetero) is 1. The number of benzene rings is 4. The third-order valence-electron chi connectivity index (χ3n) is 11.2. The molecule has 1 N–H and O–H groups in total. The Balaban J connectivity index is 1.34. The van der Waals surface area contributed by atoms with Crippen molar-refractivity contribution in [3.8, 4) is 11.5 Å². The fourth-order valence-electron chi connectivity index (χ4n) is 9.13. The van der Waals surface area contributed by atoms with E-state index in [0.29, 0.717) is 38.8 Å². The van der Waals surface area contributed by atoms with Crippen molar-refractivity contribution in [2.75, 3.05) is 16.9 Å². The van der Waals surface area contributed by atoms with Crippen molar-refractivity contribution in [3.05, 3.63) is 130 Å². The molecule has 2 aliphatic heterocycles. The van der Waals surface area contributed by atoms with Gasteiger partial charge in [0.15, 0.2) is 5.78 Å². The molecule has 4 amide bonds. The monoisotopic (exact) mass is 700 g/mol. The number of imide groups is 2. The molecule has 4 aliphatic rings. The molecule has 256 valence electrons. The number of carbonyl (C=O) groups excluding carboxylic acids is 5. The van der Waals surface area contributed by atoms with E-state index in [1.54, 1.807) is 54.6 Å². The third kappa shape index (κ3) is 4.71. The molecule has 8 rings (SSSR count). The molecule has 4 aromatic rings. The predicted octanol–water partition coefficient (Wildman–Crippen LogP) is 6.62. The molecule has 0 spiro atoms. The molecule has 9 nitrogen and oxygen atoms in total. The molecule has 51 heavy (non-hydrogen) atoms. The van der Waals surface area contributed by atoms with Gasteiger partial charge in [0.1, 0.15) is 11.5 Å². The van der Waals surface area contributed by atoms with Gasteiger partial charge in [-0.15, -0.1) is 0 Å². The number of ketones is 1. The van der Waals surface area contributed by atoms with E-state index >= 15 is 4.79 Å². The Hall–Kier alpha value is -5.54. The maximum Gasteiger partial charge on any atom is 0.246 e. The number of carbonyl (C=O) groups is 5. The van der Waals surface area contributed by atoms with Crippen LogP contribution >= 0.6 is 11.6 Å². The van der Waals surface area contributed by atoms with Gasteiger partial charge in [0.25, 0.3) is 0 Å². The molecule has 10 heteroatoms. The zero-order chi connectivity index (χ0) is 35.8. The van der Waals surface area contributed by atoms with E-state index in [0.717, 1.165) is 5.57 Å². The second-order valence-electron chi connectivity index (χ2n) is 13.6. The predicted molar refractivity (Wildman–Crippen MR) is 190 cm³/mol. The number of hydrogen-bond acceptors (Lipinski definition) is 7. The number of phenols is 1. The highest BCUT2D eigenvalue weighted by molar-refractivity contribution is 6.32. The maximum absolute atomic E-state index is 15.4. The highest BCUT2D eigenvalue weighted by Crippen LogP contribution is 2.65. The Morgan fingerprint density at radius 1 is 0.824 bits per heavy atom. The largest absolute Gasteiger partial charge is 0.508 e. The second-order valence-corrected chi connectivity index (χ2v) is 14.1. The van der Waals surface area contributed by atoms with Crippen molar-refractivity contribution in [2.24, 2.45) is 23.7 Å². The summed E-state index contributed by atoms with van der Waals surface area (Å²) in [5.41, 5.74) is 1.65. The first kappa shape index (κ1) is 32.7. The summed E-state index contributed by atoms with van der Waals surface area (Å²) in [5.74, 6) is -5.26. The lowest BCUT2D eigenvalue weighted by Crippen LogP contribution is -2.53. The van der Waals surface area contributed by atoms with E-state index in [4.69, 9.17) is 16.3 Å². The van der Waals surface area contributed by atoms with Gasteiger partial charge in [-0.3, -0.25) is 28.9 Å². The highest BCUT2D eigenvalue weighted by Gasteiger charge is 2.70. The maximum atomic E-state index is 15.4. The highest BCUT2D eigenvalue weighted by atomic mass is 35.5. The van der Waals surface area contributed by atoms with Gasteiger partial charge in [0.2, 0.25) is 23.6 Å². The van der Waals surface area contributed by atoms with Crippen LogP contribution in [0.3, 0.4) is 0 Å². The number of methoxy groups -OCH3 is 1. The summed E-state index contributed by atoms with van der Waals surface area (Å²) in [7, 11) is 1.48. The minimum absolute atomic E-state index is 0.0386. The Bertz CT molecular complexity index is 2180. The van der Waals surface area contributed by atoms with Crippen molar-refractivity contribution in [1.29, 1.82) is 0 Å². The molecule has 0 bridgehead atoms. The molecule has 6 atom stereocenters. The Kier molecular flexibility index (Phi) is 7.72.